The van der Waals surface area contributed by atoms with Crippen LogP contribution in [0.4, 0.5) is 0 Å². The summed E-state index contributed by atoms with van der Waals surface area (Å²) in [4.78, 5) is 0. The molecule has 0 amide bonds. The first-order valence-electron chi connectivity index (χ1n) is 8.29. The van der Waals surface area contributed by atoms with Gasteiger partial charge in [0, 0.05) is 23.0 Å². The van der Waals surface area contributed by atoms with Gasteiger partial charge in [-0.05, 0) is 45.0 Å². The number of aromatic nitrogens is 1. The minimum absolute atomic E-state index is 0.165. The van der Waals surface area contributed by atoms with Crippen LogP contribution in [0.2, 0.25) is 10.0 Å². The molecular formula is C19H23Cl2NO3. The summed E-state index contributed by atoms with van der Waals surface area (Å²) in [5.41, 5.74) is 0.540. The third-order valence-corrected chi connectivity index (χ3v) is 4.51. The normalized spacial score (nSPS) is 24.0. The van der Waals surface area contributed by atoms with Crippen LogP contribution >= 0.6 is 23.2 Å². The van der Waals surface area contributed by atoms with Gasteiger partial charge in [0.25, 0.3) is 0 Å². The predicted molar refractivity (Wildman–Crippen MR) is 99.1 cm³/mol. The van der Waals surface area contributed by atoms with E-state index in [1.807, 2.05) is 55.9 Å². The molecule has 1 aromatic heterocycles. The Labute approximate surface area is 158 Å². The van der Waals surface area contributed by atoms with E-state index in [1.165, 1.54) is 0 Å². The molecule has 1 aliphatic heterocycles. The van der Waals surface area contributed by atoms with Crippen LogP contribution < -0.4 is 0 Å². The molecule has 0 saturated carbocycles. The van der Waals surface area contributed by atoms with Crippen LogP contribution in [-0.2, 0) is 26.5 Å². The summed E-state index contributed by atoms with van der Waals surface area (Å²) in [7, 11) is 0. The van der Waals surface area contributed by atoms with Gasteiger partial charge in [0.15, 0.2) is 0 Å². The van der Waals surface area contributed by atoms with Crippen LogP contribution in [0.5, 0.6) is 0 Å². The lowest BCUT2D eigenvalue weighted by Crippen LogP contribution is -2.35. The molecule has 3 rings (SSSR count). The maximum Gasteiger partial charge on any atom is 0.215 e. The van der Waals surface area contributed by atoms with E-state index in [0.29, 0.717) is 29.8 Å². The van der Waals surface area contributed by atoms with Crippen molar-refractivity contribution in [2.24, 2.45) is 0 Å². The summed E-state index contributed by atoms with van der Waals surface area (Å²) in [6.45, 7) is 7.45. The minimum Gasteiger partial charge on any atom is -0.373 e. The summed E-state index contributed by atoms with van der Waals surface area (Å²) in [6, 6.07) is 9.30. The molecule has 2 aromatic rings. The first-order chi connectivity index (χ1) is 11.8. The highest BCUT2D eigenvalue weighted by atomic mass is 35.5. The Bertz CT molecular complexity index is 712. The molecule has 25 heavy (non-hydrogen) atoms. The summed E-state index contributed by atoms with van der Waals surface area (Å²) in [5.74, 6) is -0.966. The highest BCUT2D eigenvalue weighted by molar-refractivity contribution is 6.35. The SMILES string of the molecule is CC(C)(C)OCC1COC(Cn2cccc2)(c2ccc(Cl)cc2Cl)O1. The zero-order chi connectivity index (χ0) is 18.1. The second kappa shape index (κ2) is 7.29. The molecule has 136 valence electrons. The molecule has 4 nitrogen and oxygen atoms in total. The Morgan fingerprint density at radius 3 is 2.60 bits per heavy atom. The number of hydrogen-bond donors (Lipinski definition) is 0. The Hall–Kier alpha value is -1.04. The van der Waals surface area contributed by atoms with Gasteiger partial charge in [0.2, 0.25) is 5.79 Å². The number of ether oxygens (including phenoxy) is 3. The van der Waals surface area contributed by atoms with E-state index in [1.54, 1.807) is 12.1 Å². The Morgan fingerprint density at radius 1 is 1.24 bits per heavy atom. The number of benzene rings is 1. The quantitative estimate of drug-likeness (QED) is 0.737. The summed E-state index contributed by atoms with van der Waals surface area (Å²) >= 11 is 12.5. The van der Waals surface area contributed by atoms with Crippen molar-refractivity contribution in [2.75, 3.05) is 13.2 Å². The molecule has 2 unspecified atom stereocenters. The summed E-state index contributed by atoms with van der Waals surface area (Å²) < 4.78 is 20.3. The van der Waals surface area contributed by atoms with Gasteiger partial charge < -0.3 is 18.8 Å². The number of nitrogens with zero attached hydrogens (tertiary/aromatic N) is 1. The van der Waals surface area contributed by atoms with Crippen LogP contribution in [0, 0.1) is 0 Å². The van der Waals surface area contributed by atoms with E-state index >= 15 is 0 Å². The average Bonchev–Trinajstić information content (AvgIpc) is 3.15. The van der Waals surface area contributed by atoms with E-state index in [-0.39, 0.29) is 11.7 Å². The number of halogens is 2. The van der Waals surface area contributed by atoms with Crippen molar-refractivity contribution in [3.63, 3.8) is 0 Å². The standard InChI is InChI=1S/C19H23Cl2NO3/c1-18(2,3)23-11-15-12-24-19(25-15,13-22-8-4-5-9-22)16-7-6-14(20)10-17(16)21/h4-10,15H,11-13H2,1-3H3. The summed E-state index contributed by atoms with van der Waals surface area (Å²) in [5, 5.41) is 1.10. The van der Waals surface area contributed by atoms with Gasteiger partial charge >= 0.3 is 0 Å². The maximum atomic E-state index is 6.45. The first-order valence-corrected chi connectivity index (χ1v) is 9.05. The maximum absolute atomic E-state index is 6.45. The van der Waals surface area contributed by atoms with Crippen LogP contribution in [0.3, 0.4) is 0 Å². The Morgan fingerprint density at radius 2 is 1.96 bits per heavy atom. The lowest BCUT2D eigenvalue weighted by Gasteiger charge is -2.30. The van der Waals surface area contributed by atoms with Gasteiger partial charge in [0.1, 0.15) is 6.10 Å². The van der Waals surface area contributed by atoms with Crippen molar-refractivity contribution in [1.82, 2.24) is 4.57 Å². The molecule has 1 aliphatic rings. The van der Waals surface area contributed by atoms with Crippen LogP contribution in [0.1, 0.15) is 26.3 Å². The molecule has 2 atom stereocenters. The summed E-state index contributed by atoms with van der Waals surface area (Å²) in [6.07, 6.45) is 3.77. The second-order valence-corrected chi connectivity index (χ2v) is 8.05. The van der Waals surface area contributed by atoms with Crippen molar-refractivity contribution in [1.29, 1.82) is 0 Å². The molecule has 2 heterocycles. The lowest BCUT2D eigenvalue weighted by atomic mass is 10.1. The van der Waals surface area contributed by atoms with Gasteiger partial charge in [-0.1, -0.05) is 29.3 Å². The van der Waals surface area contributed by atoms with Gasteiger partial charge in [0.05, 0.1) is 30.4 Å². The zero-order valence-electron chi connectivity index (χ0n) is 14.7. The third kappa shape index (κ3) is 4.57. The zero-order valence-corrected chi connectivity index (χ0v) is 16.2. The fourth-order valence-corrected chi connectivity index (χ4v) is 3.37. The van der Waals surface area contributed by atoms with E-state index in [2.05, 4.69) is 0 Å². The highest BCUT2D eigenvalue weighted by Gasteiger charge is 2.45. The Kier molecular flexibility index (Phi) is 5.47. The second-order valence-electron chi connectivity index (χ2n) is 7.21. The fraction of sp³-hybridized carbons (Fsp3) is 0.474. The number of hydrogen-bond acceptors (Lipinski definition) is 3. The van der Waals surface area contributed by atoms with Crippen molar-refractivity contribution >= 4 is 23.2 Å². The molecule has 1 fully saturated rings. The largest absolute Gasteiger partial charge is 0.373 e. The van der Waals surface area contributed by atoms with Gasteiger partial charge in [-0.15, -0.1) is 0 Å². The molecule has 0 spiro atoms. The van der Waals surface area contributed by atoms with Crippen molar-refractivity contribution < 1.29 is 14.2 Å². The predicted octanol–water partition coefficient (Wildman–Crippen LogP) is 4.88. The molecular weight excluding hydrogens is 361 g/mol. The van der Waals surface area contributed by atoms with Gasteiger partial charge in [-0.3, -0.25) is 0 Å². The average molecular weight is 384 g/mol. The smallest absolute Gasteiger partial charge is 0.215 e. The molecule has 1 aromatic carbocycles. The monoisotopic (exact) mass is 383 g/mol. The molecule has 0 N–H and O–H groups in total. The van der Waals surface area contributed by atoms with Crippen LogP contribution in [0.15, 0.2) is 42.7 Å². The van der Waals surface area contributed by atoms with Crippen molar-refractivity contribution in [2.45, 2.75) is 44.8 Å². The van der Waals surface area contributed by atoms with Gasteiger partial charge in [-0.2, -0.15) is 0 Å². The molecule has 0 radical (unpaired) electrons. The van der Waals surface area contributed by atoms with E-state index in [9.17, 15) is 0 Å². The third-order valence-electron chi connectivity index (χ3n) is 3.96. The van der Waals surface area contributed by atoms with E-state index < -0.39 is 5.79 Å². The van der Waals surface area contributed by atoms with Gasteiger partial charge in [-0.25, -0.2) is 0 Å². The highest BCUT2D eigenvalue weighted by Crippen LogP contribution is 2.40. The first kappa shape index (κ1) is 18.7. The lowest BCUT2D eigenvalue weighted by molar-refractivity contribution is -0.194. The van der Waals surface area contributed by atoms with E-state index in [0.717, 1.165) is 5.56 Å². The Balaban J connectivity index is 1.86. The molecule has 0 aliphatic carbocycles. The minimum atomic E-state index is -0.966. The topological polar surface area (TPSA) is 32.6 Å². The molecule has 6 heteroatoms. The van der Waals surface area contributed by atoms with Crippen molar-refractivity contribution in [3.05, 3.63) is 58.3 Å². The number of rotatable bonds is 5. The fourth-order valence-electron chi connectivity index (χ4n) is 2.81. The molecule has 1 saturated heterocycles. The van der Waals surface area contributed by atoms with E-state index in [4.69, 9.17) is 37.4 Å². The van der Waals surface area contributed by atoms with Crippen LogP contribution in [0.25, 0.3) is 0 Å². The van der Waals surface area contributed by atoms with Crippen molar-refractivity contribution in [3.8, 4) is 0 Å². The van der Waals surface area contributed by atoms with Crippen LogP contribution in [-0.4, -0.2) is 29.5 Å². The molecule has 0 bridgehead atoms.